The number of nitrogens with zero attached hydrogens (tertiary/aromatic N) is 1. The van der Waals surface area contributed by atoms with E-state index in [9.17, 15) is 9.59 Å². The summed E-state index contributed by atoms with van der Waals surface area (Å²) in [5, 5.41) is 1.19. The number of halogens is 1. The Hall–Kier alpha value is -2.39. The first-order valence-electron chi connectivity index (χ1n) is 9.25. The zero-order valence-corrected chi connectivity index (χ0v) is 19.7. The molecule has 3 aromatic rings. The Morgan fingerprint density at radius 2 is 2.00 bits per heavy atom. The molecule has 2 aromatic carbocycles. The number of rotatable bonds is 5. The molecule has 0 aliphatic carbocycles. The van der Waals surface area contributed by atoms with Crippen LogP contribution in [-0.2, 0) is 4.79 Å². The summed E-state index contributed by atoms with van der Waals surface area (Å²) in [6.45, 7) is 2.41. The zero-order chi connectivity index (χ0) is 22.1. The van der Waals surface area contributed by atoms with Gasteiger partial charge in [0.1, 0.15) is 9.20 Å². The third-order valence-corrected chi connectivity index (χ3v) is 7.63. The highest BCUT2D eigenvalue weighted by atomic mass is 35.5. The van der Waals surface area contributed by atoms with Crippen molar-refractivity contribution in [1.29, 1.82) is 0 Å². The van der Waals surface area contributed by atoms with Crippen molar-refractivity contribution in [3.05, 3.63) is 62.8 Å². The molecular weight excluding hydrogens is 474 g/mol. The number of fused-ring (bicyclic) bond motifs is 1. The van der Waals surface area contributed by atoms with Crippen LogP contribution in [0.1, 0.15) is 22.2 Å². The molecule has 4 rings (SSSR count). The van der Waals surface area contributed by atoms with E-state index < -0.39 is 5.97 Å². The van der Waals surface area contributed by atoms with Gasteiger partial charge in [-0.15, -0.1) is 11.3 Å². The third-order valence-electron chi connectivity index (χ3n) is 4.60. The number of ether oxygens (including phenoxy) is 2. The number of carbonyl (C=O) groups excluding carboxylic acids is 2. The van der Waals surface area contributed by atoms with E-state index in [-0.39, 0.29) is 11.7 Å². The summed E-state index contributed by atoms with van der Waals surface area (Å²) in [5.74, 6) is -0.0444. The second kappa shape index (κ2) is 9.00. The maximum Gasteiger partial charge on any atom is 0.355 e. The lowest BCUT2D eigenvalue weighted by atomic mass is 10.2. The van der Waals surface area contributed by atoms with Crippen LogP contribution in [0.5, 0.6) is 11.5 Å². The maximum absolute atomic E-state index is 12.8. The fourth-order valence-electron chi connectivity index (χ4n) is 3.07. The first kappa shape index (κ1) is 21.8. The molecule has 1 fully saturated rings. The molecular formula is C22H16ClNO4S3. The first-order valence-corrected chi connectivity index (χ1v) is 11.7. The number of amides is 1. The summed E-state index contributed by atoms with van der Waals surface area (Å²) in [7, 11) is 1.49. The van der Waals surface area contributed by atoms with Crippen LogP contribution in [0.15, 0.2) is 47.4 Å². The van der Waals surface area contributed by atoms with Gasteiger partial charge >= 0.3 is 5.97 Å². The molecule has 0 unspecified atom stereocenters. The maximum atomic E-state index is 12.8. The van der Waals surface area contributed by atoms with Gasteiger partial charge in [0.05, 0.1) is 17.0 Å². The van der Waals surface area contributed by atoms with E-state index in [4.69, 9.17) is 33.3 Å². The fourth-order valence-corrected chi connectivity index (χ4v) is 5.84. The average molecular weight is 490 g/mol. The monoisotopic (exact) mass is 489 g/mol. The van der Waals surface area contributed by atoms with Gasteiger partial charge in [0.2, 0.25) is 0 Å². The highest BCUT2D eigenvalue weighted by molar-refractivity contribution is 8.26. The predicted molar refractivity (Wildman–Crippen MR) is 130 cm³/mol. The number of thiophene rings is 1. The van der Waals surface area contributed by atoms with Crippen LogP contribution in [0.25, 0.3) is 16.2 Å². The highest BCUT2D eigenvalue weighted by Gasteiger charge is 2.30. The Bertz CT molecular complexity index is 1250. The smallest absolute Gasteiger partial charge is 0.355 e. The molecule has 1 saturated heterocycles. The standard InChI is InChI=1S/C22H16ClNO4S3/c1-3-24-20(25)17(31-22(24)29)11-12-8-9-14(15(10-12)27-2)28-21(26)19-18(23)13-6-4-5-7-16(13)30-19/h4-11H,3H2,1-2H3. The number of likely N-dealkylation sites (N-methyl/N-ethyl adjacent to an activating group) is 1. The molecule has 0 atom stereocenters. The van der Waals surface area contributed by atoms with Crippen molar-refractivity contribution in [2.24, 2.45) is 0 Å². The van der Waals surface area contributed by atoms with Gasteiger partial charge in [0, 0.05) is 16.6 Å². The van der Waals surface area contributed by atoms with Crippen molar-refractivity contribution < 1.29 is 19.1 Å². The number of benzene rings is 2. The van der Waals surface area contributed by atoms with E-state index in [0.29, 0.717) is 31.4 Å². The lowest BCUT2D eigenvalue weighted by molar-refractivity contribution is -0.121. The van der Waals surface area contributed by atoms with Gasteiger partial charge in [-0.25, -0.2) is 4.79 Å². The molecule has 1 aliphatic heterocycles. The minimum absolute atomic E-state index is 0.119. The molecule has 5 nitrogen and oxygen atoms in total. The zero-order valence-electron chi connectivity index (χ0n) is 16.5. The molecule has 0 bridgehead atoms. The summed E-state index contributed by atoms with van der Waals surface area (Å²) in [4.78, 5) is 27.6. The van der Waals surface area contributed by atoms with E-state index >= 15 is 0 Å². The number of hydrogen-bond acceptors (Lipinski definition) is 7. The quantitative estimate of drug-likeness (QED) is 0.189. The fraction of sp³-hybridized carbons (Fsp3) is 0.136. The van der Waals surface area contributed by atoms with E-state index in [1.54, 1.807) is 29.2 Å². The van der Waals surface area contributed by atoms with E-state index in [1.165, 1.54) is 30.2 Å². The Balaban J connectivity index is 1.59. The normalized spacial score (nSPS) is 15.2. The van der Waals surface area contributed by atoms with Crippen LogP contribution in [0, 0.1) is 0 Å². The topological polar surface area (TPSA) is 55.8 Å². The number of carbonyl (C=O) groups is 2. The molecule has 0 radical (unpaired) electrons. The van der Waals surface area contributed by atoms with Crippen LogP contribution in [0.3, 0.4) is 0 Å². The van der Waals surface area contributed by atoms with Gasteiger partial charge in [0.15, 0.2) is 11.5 Å². The van der Waals surface area contributed by atoms with Crippen molar-refractivity contribution >= 4 is 79.3 Å². The molecule has 0 saturated carbocycles. The molecule has 1 aliphatic rings. The van der Waals surface area contributed by atoms with Gasteiger partial charge in [0.25, 0.3) is 5.91 Å². The molecule has 9 heteroatoms. The lowest BCUT2D eigenvalue weighted by Crippen LogP contribution is -2.27. The first-order chi connectivity index (χ1) is 14.9. The van der Waals surface area contributed by atoms with Crippen LogP contribution in [0.2, 0.25) is 5.02 Å². The van der Waals surface area contributed by atoms with Crippen molar-refractivity contribution in [2.45, 2.75) is 6.92 Å². The van der Waals surface area contributed by atoms with E-state index in [0.717, 1.165) is 15.6 Å². The number of methoxy groups -OCH3 is 1. The van der Waals surface area contributed by atoms with Crippen molar-refractivity contribution in [2.75, 3.05) is 13.7 Å². The summed E-state index contributed by atoms with van der Waals surface area (Å²) in [5.41, 5.74) is 0.730. The molecule has 31 heavy (non-hydrogen) atoms. The van der Waals surface area contributed by atoms with Gasteiger partial charge in [-0.1, -0.05) is 59.8 Å². The summed E-state index contributed by atoms with van der Waals surface area (Å²) >= 11 is 14.2. The van der Waals surface area contributed by atoms with Crippen LogP contribution in [-0.4, -0.2) is 34.8 Å². The summed E-state index contributed by atoms with van der Waals surface area (Å²) in [6, 6.07) is 12.6. The minimum Gasteiger partial charge on any atom is -0.493 e. The molecule has 1 aromatic heterocycles. The SMILES string of the molecule is CCN1C(=O)C(=Cc2ccc(OC(=O)c3sc4ccccc4c3Cl)c(OC)c2)SC1=S. The predicted octanol–water partition coefficient (Wildman–Crippen LogP) is 6.00. The lowest BCUT2D eigenvalue weighted by Gasteiger charge is -2.10. The van der Waals surface area contributed by atoms with E-state index in [1.807, 2.05) is 31.2 Å². The minimum atomic E-state index is -0.555. The Morgan fingerprint density at radius 1 is 1.23 bits per heavy atom. The Morgan fingerprint density at radius 3 is 2.68 bits per heavy atom. The van der Waals surface area contributed by atoms with Crippen molar-refractivity contribution in [3.8, 4) is 11.5 Å². The van der Waals surface area contributed by atoms with Crippen molar-refractivity contribution in [1.82, 2.24) is 4.90 Å². The third kappa shape index (κ3) is 4.21. The summed E-state index contributed by atoms with van der Waals surface area (Å²) < 4.78 is 12.4. The second-order valence-corrected chi connectivity index (χ2v) is 9.57. The number of esters is 1. The second-order valence-electron chi connectivity index (χ2n) is 6.47. The van der Waals surface area contributed by atoms with Gasteiger partial charge in [-0.05, 0) is 36.8 Å². The number of thioether (sulfide) groups is 1. The number of thiocarbonyl (C=S) groups is 1. The van der Waals surface area contributed by atoms with Crippen molar-refractivity contribution in [3.63, 3.8) is 0 Å². The largest absolute Gasteiger partial charge is 0.493 e. The highest BCUT2D eigenvalue weighted by Crippen LogP contribution is 2.38. The van der Waals surface area contributed by atoms with Crippen LogP contribution >= 0.6 is 46.9 Å². The molecule has 1 amide bonds. The summed E-state index contributed by atoms with van der Waals surface area (Å²) in [6.07, 6.45) is 1.74. The van der Waals surface area contributed by atoms with Gasteiger partial charge in [-0.2, -0.15) is 0 Å². The molecule has 0 N–H and O–H groups in total. The Labute approximate surface area is 197 Å². The van der Waals surface area contributed by atoms with Crippen LogP contribution in [0.4, 0.5) is 0 Å². The molecule has 2 heterocycles. The van der Waals surface area contributed by atoms with Gasteiger partial charge < -0.3 is 9.47 Å². The Kier molecular flexibility index (Phi) is 6.34. The van der Waals surface area contributed by atoms with Crippen LogP contribution < -0.4 is 9.47 Å². The molecule has 158 valence electrons. The van der Waals surface area contributed by atoms with E-state index in [2.05, 4.69) is 0 Å². The molecule has 0 spiro atoms. The number of hydrogen-bond donors (Lipinski definition) is 0. The van der Waals surface area contributed by atoms with Gasteiger partial charge in [-0.3, -0.25) is 9.69 Å². The average Bonchev–Trinajstić information content (AvgIpc) is 3.24.